The van der Waals surface area contributed by atoms with Crippen molar-refractivity contribution in [2.75, 3.05) is 0 Å². The maximum atomic E-state index is 5.96. The summed E-state index contributed by atoms with van der Waals surface area (Å²) in [5, 5.41) is 4.70. The summed E-state index contributed by atoms with van der Waals surface area (Å²) >= 11 is 11.9. The first-order valence-corrected chi connectivity index (χ1v) is 6.50. The van der Waals surface area contributed by atoms with Gasteiger partial charge in [-0.15, -0.1) is 0 Å². The van der Waals surface area contributed by atoms with Crippen LogP contribution in [0, 0.1) is 0 Å². The maximum absolute atomic E-state index is 5.96. The lowest BCUT2D eigenvalue weighted by Gasteiger charge is -2.13. The molecule has 0 amide bonds. The topological polar surface area (TPSA) is 24.9 Å². The zero-order valence-electron chi connectivity index (χ0n) is 10.0. The van der Waals surface area contributed by atoms with Crippen molar-refractivity contribution < 1.29 is 0 Å². The molecule has 94 valence electrons. The van der Waals surface area contributed by atoms with Crippen molar-refractivity contribution in [1.82, 2.24) is 10.3 Å². The first-order chi connectivity index (χ1) is 8.65. The van der Waals surface area contributed by atoms with Crippen LogP contribution in [0.5, 0.6) is 0 Å². The first-order valence-electron chi connectivity index (χ1n) is 5.74. The van der Waals surface area contributed by atoms with Crippen LogP contribution >= 0.6 is 23.2 Å². The quantitative estimate of drug-likeness (QED) is 0.906. The molecule has 1 aromatic heterocycles. The Kier molecular flexibility index (Phi) is 4.59. The van der Waals surface area contributed by atoms with Gasteiger partial charge in [0.1, 0.15) is 0 Å². The molecule has 1 atom stereocenters. The molecule has 0 bridgehead atoms. The van der Waals surface area contributed by atoms with Gasteiger partial charge in [0.05, 0.1) is 5.69 Å². The number of nitrogens with one attached hydrogen (secondary N) is 1. The van der Waals surface area contributed by atoms with Gasteiger partial charge in [0.2, 0.25) is 0 Å². The van der Waals surface area contributed by atoms with Gasteiger partial charge in [-0.3, -0.25) is 4.98 Å². The summed E-state index contributed by atoms with van der Waals surface area (Å²) in [7, 11) is 0. The molecule has 1 heterocycles. The van der Waals surface area contributed by atoms with E-state index in [0.717, 1.165) is 11.3 Å². The Hall–Kier alpha value is -1.09. The highest BCUT2D eigenvalue weighted by atomic mass is 35.5. The standard InChI is InChI=1S/C14H14Cl2N2/c1-10(14-4-2-3-5-17-14)18-9-11-6-12(15)8-13(16)7-11/h2-8,10,18H,9H2,1H3/t10-/m0/s1. The molecule has 0 saturated carbocycles. The van der Waals surface area contributed by atoms with E-state index < -0.39 is 0 Å². The Morgan fingerprint density at radius 2 is 1.89 bits per heavy atom. The maximum Gasteiger partial charge on any atom is 0.0570 e. The third kappa shape index (κ3) is 3.70. The predicted octanol–water partition coefficient (Wildman–Crippen LogP) is 4.24. The molecule has 1 aromatic carbocycles. The number of hydrogen-bond acceptors (Lipinski definition) is 2. The summed E-state index contributed by atoms with van der Waals surface area (Å²) in [6.45, 7) is 2.78. The van der Waals surface area contributed by atoms with E-state index in [4.69, 9.17) is 23.2 Å². The molecule has 18 heavy (non-hydrogen) atoms. The van der Waals surface area contributed by atoms with Crippen molar-refractivity contribution in [3.63, 3.8) is 0 Å². The average molecular weight is 281 g/mol. The van der Waals surface area contributed by atoms with Crippen molar-refractivity contribution in [2.24, 2.45) is 0 Å². The molecule has 0 unspecified atom stereocenters. The van der Waals surface area contributed by atoms with Gasteiger partial charge in [-0.25, -0.2) is 0 Å². The van der Waals surface area contributed by atoms with Crippen LogP contribution in [0.3, 0.4) is 0 Å². The fourth-order valence-corrected chi connectivity index (χ4v) is 2.29. The summed E-state index contributed by atoms with van der Waals surface area (Å²) in [5.74, 6) is 0. The smallest absolute Gasteiger partial charge is 0.0570 e. The second-order valence-corrected chi connectivity index (χ2v) is 5.01. The fraction of sp³-hybridized carbons (Fsp3) is 0.214. The van der Waals surface area contributed by atoms with Crippen LogP contribution in [0.2, 0.25) is 10.0 Å². The lowest BCUT2D eigenvalue weighted by Crippen LogP contribution is -2.18. The van der Waals surface area contributed by atoms with Crippen LogP contribution in [0.1, 0.15) is 24.2 Å². The molecule has 0 aliphatic carbocycles. The van der Waals surface area contributed by atoms with E-state index in [1.54, 1.807) is 12.3 Å². The lowest BCUT2D eigenvalue weighted by molar-refractivity contribution is 0.561. The van der Waals surface area contributed by atoms with E-state index in [0.29, 0.717) is 16.6 Å². The second kappa shape index (κ2) is 6.19. The van der Waals surface area contributed by atoms with Gasteiger partial charge in [0, 0.05) is 28.8 Å². The van der Waals surface area contributed by atoms with Gasteiger partial charge in [-0.05, 0) is 42.8 Å². The molecule has 1 N–H and O–H groups in total. The first kappa shape index (κ1) is 13.3. The van der Waals surface area contributed by atoms with Crippen LogP contribution in [0.25, 0.3) is 0 Å². The van der Waals surface area contributed by atoms with E-state index in [-0.39, 0.29) is 6.04 Å². The highest BCUT2D eigenvalue weighted by Crippen LogP contribution is 2.19. The minimum absolute atomic E-state index is 0.184. The molecule has 0 fully saturated rings. The van der Waals surface area contributed by atoms with Crippen LogP contribution in [-0.4, -0.2) is 4.98 Å². The summed E-state index contributed by atoms with van der Waals surface area (Å²) in [5.41, 5.74) is 2.08. The fourth-order valence-electron chi connectivity index (χ4n) is 1.72. The van der Waals surface area contributed by atoms with Crippen LogP contribution in [-0.2, 0) is 6.54 Å². The van der Waals surface area contributed by atoms with Crippen molar-refractivity contribution in [3.8, 4) is 0 Å². The minimum atomic E-state index is 0.184. The molecule has 2 aromatic rings. The Morgan fingerprint density at radius 3 is 2.50 bits per heavy atom. The van der Waals surface area contributed by atoms with Crippen molar-refractivity contribution in [1.29, 1.82) is 0 Å². The van der Waals surface area contributed by atoms with Gasteiger partial charge >= 0.3 is 0 Å². The van der Waals surface area contributed by atoms with Gasteiger partial charge in [0.15, 0.2) is 0 Å². The third-order valence-electron chi connectivity index (χ3n) is 2.67. The number of benzene rings is 1. The largest absolute Gasteiger partial charge is 0.305 e. The Balaban J connectivity index is 1.99. The van der Waals surface area contributed by atoms with Gasteiger partial charge in [0.25, 0.3) is 0 Å². The van der Waals surface area contributed by atoms with E-state index in [1.807, 2.05) is 30.3 Å². The van der Waals surface area contributed by atoms with E-state index in [9.17, 15) is 0 Å². The van der Waals surface area contributed by atoms with Crippen LogP contribution in [0.15, 0.2) is 42.6 Å². The summed E-state index contributed by atoms with van der Waals surface area (Å²) in [6, 6.07) is 11.6. The van der Waals surface area contributed by atoms with E-state index >= 15 is 0 Å². The van der Waals surface area contributed by atoms with Crippen molar-refractivity contribution in [3.05, 3.63) is 63.9 Å². The van der Waals surface area contributed by atoms with Gasteiger partial charge in [-0.2, -0.15) is 0 Å². The Bertz CT molecular complexity index is 494. The van der Waals surface area contributed by atoms with Crippen LogP contribution in [0.4, 0.5) is 0 Å². The molecular weight excluding hydrogens is 267 g/mol. The monoisotopic (exact) mass is 280 g/mol. The number of rotatable bonds is 4. The molecule has 0 saturated heterocycles. The number of pyridine rings is 1. The summed E-state index contributed by atoms with van der Waals surface area (Å²) in [4.78, 5) is 4.31. The molecule has 0 aliphatic rings. The molecule has 0 radical (unpaired) electrons. The zero-order valence-corrected chi connectivity index (χ0v) is 11.5. The Labute approximate surface area is 117 Å². The van der Waals surface area contributed by atoms with E-state index in [1.165, 1.54) is 0 Å². The number of aromatic nitrogens is 1. The molecular formula is C14H14Cl2N2. The SMILES string of the molecule is C[C@H](NCc1cc(Cl)cc(Cl)c1)c1ccccn1. The Morgan fingerprint density at radius 1 is 1.17 bits per heavy atom. The number of nitrogens with zero attached hydrogens (tertiary/aromatic N) is 1. The molecule has 2 nitrogen and oxygen atoms in total. The van der Waals surface area contributed by atoms with Crippen LogP contribution < -0.4 is 5.32 Å². The normalized spacial score (nSPS) is 12.4. The van der Waals surface area contributed by atoms with Gasteiger partial charge in [-0.1, -0.05) is 29.3 Å². The summed E-state index contributed by atoms with van der Waals surface area (Å²) in [6.07, 6.45) is 1.80. The number of hydrogen-bond donors (Lipinski definition) is 1. The average Bonchev–Trinajstić information content (AvgIpc) is 2.36. The van der Waals surface area contributed by atoms with Crippen molar-refractivity contribution >= 4 is 23.2 Å². The summed E-state index contributed by atoms with van der Waals surface area (Å²) < 4.78 is 0. The molecule has 2 rings (SSSR count). The lowest BCUT2D eigenvalue weighted by atomic mass is 10.2. The zero-order chi connectivity index (χ0) is 13.0. The molecule has 0 spiro atoms. The third-order valence-corrected chi connectivity index (χ3v) is 3.10. The van der Waals surface area contributed by atoms with Crippen molar-refractivity contribution in [2.45, 2.75) is 19.5 Å². The molecule has 4 heteroatoms. The molecule has 0 aliphatic heterocycles. The highest BCUT2D eigenvalue weighted by Gasteiger charge is 2.06. The minimum Gasteiger partial charge on any atom is -0.305 e. The van der Waals surface area contributed by atoms with E-state index in [2.05, 4.69) is 17.2 Å². The van der Waals surface area contributed by atoms with Gasteiger partial charge < -0.3 is 5.32 Å². The number of halogens is 2. The highest BCUT2D eigenvalue weighted by molar-refractivity contribution is 6.34. The second-order valence-electron chi connectivity index (χ2n) is 4.13. The predicted molar refractivity (Wildman–Crippen MR) is 76.0 cm³/mol.